The number of nitrogens with two attached hydrogens (primary N) is 2. The van der Waals surface area contributed by atoms with Crippen LogP contribution in [0.3, 0.4) is 0 Å². The van der Waals surface area contributed by atoms with Gasteiger partial charge in [-0.15, -0.1) is 0 Å². The number of nitrogens with zero attached hydrogens (tertiary/aromatic N) is 1. The fraction of sp³-hybridized carbons (Fsp3) is 0.176. The fourth-order valence-corrected chi connectivity index (χ4v) is 2.10. The zero-order valence-corrected chi connectivity index (χ0v) is 13.0. The van der Waals surface area contributed by atoms with Gasteiger partial charge in [0.15, 0.2) is 0 Å². The number of anilines is 1. The van der Waals surface area contributed by atoms with Gasteiger partial charge < -0.3 is 5.73 Å². The van der Waals surface area contributed by atoms with Crippen LogP contribution in [0.15, 0.2) is 54.7 Å². The zero-order chi connectivity index (χ0) is 15.4. The summed E-state index contributed by atoms with van der Waals surface area (Å²) in [4.78, 5) is 0. The summed E-state index contributed by atoms with van der Waals surface area (Å²) in [5.74, 6) is 6.50. The molecule has 2 aromatic carbocycles. The number of halogens is 1. The molecule has 0 radical (unpaired) electrons. The number of hydrogen-bond donors (Lipinski definition) is 2. The van der Waals surface area contributed by atoms with Crippen LogP contribution in [0.5, 0.6) is 0 Å². The Morgan fingerprint density at radius 2 is 1.62 bits per heavy atom. The fourth-order valence-electron chi connectivity index (χ4n) is 1.97. The Bertz CT molecular complexity index is 615. The van der Waals surface area contributed by atoms with Crippen molar-refractivity contribution in [1.82, 2.24) is 0 Å². The maximum atomic E-state index is 6.10. The van der Waals surface area contributed by atoms with E-state index >= 15 is 0 Å². The Balaban J connectivity index is 2.17. The standard InChI is InChI=1S/C17H20ClN3/c1-12(2)13-3-5-14(6-4-13)17(19)11-21(20)16-9-7-15(18)8-10-16/h3-12H,19-20H2,1-2H3/b17-11-. The molecule has 3 nitrogen and oxygen atoms in total. The molecule has 0 aromatic heterocycles. The molecule has 0 saturated carbocycles. The first-order chi connectivity index (χ1) is 9.97. The van der Waals surface area contributed by atoms with Crippen molar-refractivity contribution in [2.45, 2.75) is 19.8 Å². The van der Waals surface area contributed by atoms with E-state index in [2.05, 4.69) is 26.0 Å². The topological polar surface area (TPSA) is 55.3 Å². The van der Waals surface area contributed by atoms with Crippen molar-refractivity contribution >= 4 is 23.0 Å². The minimum atomic E-state index is 0.504. The van der Waals surface area contributed by atoms with Gasteiger partial charge in [-0.3, -0.25) is 5.01 Å². The van der Waals surface area contributed by atoms with Crippen LogP contribution in [0.4, 0.5) is 5.69 Å². The Kier molecular flexibility index (Phi) is 4.89. The highest BCUT2D eigenvalue weighted by atomic mass is 35.5. The highest BCUT2D eigenvalue weighted by Gasteiger charge is 2.03. The molecule has 110 valence electrons. The summed E-state index contributed by atoms with van der Waals surface area (Å²) in [6.45, 7) is 4.33. The SMILES string of the molecule is CC(C)c1ccc(/C(N)=C/N(N)c2ccc(Cl)cc2)cc1. The molecular weight excluding hydrogens is 282 g/mol. The van der Waals surface area contributed by atoms with Crippen molar-refractivity contribution in [2.75, 3.05) is 5.01 Å². The lowest BCUT2D eigenvalue weighted by Crippen LogP contribution is -2.25. The van der Waals surface area contributed by atoms with Gasteiger partial charge in [0.05, 0.1) is 11.4 Å². The van der Waals surface area contributed by atoms with E-state index in [0.29, 0.717) is 16.6 Å². The summed E-state index contributed by atoms with van der Waals surface area (Å²) in [7, 11) is 0. The second-order valence-corrected chi connectivity index (χ2v) is 5.68. The van der Waals surface area contributed by atoms with Gasteiger partial charge in [-0.25, -0.2) is 5.84 Å². The lowest BCUT2D eigenvalue weighted by atomic mass is 10.0. The molecular formula is C17H20ClN3. The molecule has 2 aromatic rings. The van der Waals surface area contributed by atoms with Crippen molar-refractivity contribution in [3.05, 3.63) is 70.9 Å². The van der Waals surface area contributed by atoms with Crippen LogP contribution in [0, 0.1) is 0 Å². The first-order valence-electron chi connectivity index (χ1n) is 6.84. The lowest BCUT2D eigenvalue weighted by Gasteiger charge is -2.15. The maximum Gasteiger partial charge on any atom is 0.0570 e. The van der Waals surface area contributed by atoms with E-state index < -0.39 is 0 Å². The van der Waals surface area contributed by atoms with E-state index in [9.17, 15) is 0 Å². The molecule has 4 heteroatoms. The largest absolute Gasteiger partial charge is 0.397 e. The highest BCUT2D eigenvalue weighted by Crippen LogP contribution is 2.19. The average Bonchev–Trinajstić information content (AvgIpc) is 2.47. The molecule has 2 rings (SSSR count). The first-order valence-corrected chi connectivity index (χ1v) is 7.22. The monoisotopic (exact) mass is 301 g/mol. The van der Waals surface area contributed by atoms with Gasteiger partial charge in [0.25, 0.3) is 0 Å². The van der Waals surface area contributed by atoms with Crippen molar-refractivity contribution in [2.24, 2.45) is 11.6 Å². The zero-order valence-electron chi connectivity index (χ0n) is 12.3. The normalized spacial score (nSPS) is 11.8. The van der Waals surface area contributed by atoms with Gasteiger partial charge >= 0.3 is 0 Å². The summed E-state index contributed by atoms with van der Waals surface area (Å²) in [6, 6.07) is 15.5. The number of rotatable bonds is 4. The van der Waals surface area contributed by atoms with Gasteiger partial charge in [0, 0.05) is 11.2 Å². The van der Waals surface area contributed by atoms with Crippen molar-refractivity contribution < 1.29 is 0 Å². The molecule has 4 N–H and O–H groups in total. The number of benzene rings is 2. The Morgan fingerprint density at radius 1 is 1.05 bits per heavy atom. The summed E-state index contributed by atoms with van der Waals surface area (Å²) in [5, 5.41) is 2.16. The minimum absolute atomic E-state index is 0.504. The van der Waals surface area contributed by atoms with Crippen LogP contribution in [0.2, 0.25) is 5.02 Å². The number of hydrazine groups is 1. The van der Waals surface area contributed by atoms with E-state index in [4.69, 9.17) is 23.2 Å². The van der Waals surface area contributed by atoms with E-state index in [1.54, 1.807) is 18.3 Å². The molecule has 0 aliphatic carbocycles. The van der Waals surface area contributed by atoms with Crippen molar-refractivity contribution in [1.29, 1.82) is 0 Å². The van der Waals surface area contributed by atoms with Gasteiger partial charge in [-0.05, 0) is 41.3 Å². The smallest absolute Gasteiger partial charge is 0.0570 e. The molecule has 0 aliphatic rings. The summed E-state index contributed by atoms with van der Waals surface area (Å²) in [6.07, 6.45) is 1.70. The van der Waals surface area contributed by atoms with Gasteiger partial charge in [-0.1, -0.05) is 49.7 Å². The summed E-state index contributed by atoms with van der Waals surface area (Å²) in [5.41, 5.74) is 9.77. The second kappa shape index (κ2) is 6.66. The third-order valence-electron chi connectivity index (χ3n) is 3.31. The van der Waals surface area contributed by atoms with E-state index in [-0.39, 0.29) is 0 Å². The molecule has 0 bridgehead atoms. The molecule has 0 unspecified atom stereocenters. The number of hydrogen-bond acceptors (Lipinski definition) is 3. The molecule has 0 aliphatic heterocycles. The molecule has 0 spiro atoms. The third-order valence-corrected chi connectivity index (χ3v) is 3.57. The molecule has 21 heavy (non-hydrogen) atoms. The van der Waals surface area contributed by atoms with Crippen LogP contribution < -0.4 is 16.6 Å². The predicted molar refractivity (Wildman–Crippen MR) is 90.8 cm³/mol. The van der Waals surface area contributed by atoms with E-state index in [1.807, 2.05) is 24.3 Å². The lowest BCUT2D eigenvalue weighted by molar-refractivity contribution is 0.866. The maximum absolute atomic E-state index is 6.10. The second-order valence-electron chi connectivity index (χ2n) is 5.24. The Hall–Kier alpha value is -1.97. The van der Waals surface area contributed by atoms with Crippen LogP contribution in [-0.4, -0.2) is 0 Å². The predicted octanol–water partition coefficient (Wildman–Crippen LogP) is 4.10. The quantitative estimate of drug-likeness (QED) is 0.660. The highest BCUT2D eigenvalue weighted by molar-refractivity contribution is 6.30. The van der Waals surface area contributed by atoms with Gasteiger partial charge in [-0.2, -0.15) is 0 Å². The van der Waals surface area contributed by atoms with Crippen molar-refractivity contribution in [3.63, 3.8) is 0 Å². The molecule has 0 heterocycles. The Labute approximate surface area is 130 Å². The first kappa shape index (κ1) is 15.4. The van der Waals surface area contributed by atoms with Crippen LogP contribution >= 0.6 is 11.6 Å². The van der Waals surface area contributed by atoms with E-state index in [1.165, 1.54) is 10.6 Å². The van der Waals surface area contributed by atoms with Crippen LogP contribution in [0.25, 0.3) is 5.70 Å². The molecule has 0 fully saturated rings. The van der Waals surface area contributed by atoms with Crippen LogP contribution in [-0.2, 0) is 0 Å². The molecule has 0 atom stereocenters. The minimum Gasteiger partial charge on any atom is -0.397 e. The molecule has 0 saturated heterocycles. The summed E-state index contributed by atoms with van der Waals surface area (Å²) >= 11 is 5.86. The third kappa shape index (κ3) is 4.00. The van der Waals surface area contributed by atoms with E-state index in [0.717, 1.165) is 11.3 Å². The summed E-state index contributed by atoms with van der Waals surface area (Å²) < 4.78 is 0. The van der Waals surface area contributed by atoms with Crippen LogP contribution in [0.1, 0.15) is 30.9 Å². The van der Waals surface area contributed by atoms with Gasteiger partial charge in [0.2, 0.25) is 0 Å². The average molecular weight is 302 g/mol. The molecule has 0 amide bonds. The van der Waals surface area contributed by atoms with Crippen molar-refractivity contribution in [3.8, 4) is 0 Å². The van der Waals surface area contributed by atoms with Gasteiger partial charge in [0.1, 0.15) is 0 Å². The Morgan fingerprint density at radius 3 is 2.14 bits per heavy atom.